The third-order valence-electron chi connectivity index (χ3n) is 16.0. The Kier molecular flexibility index (Phi) is 53.5. The van der Waals surface area contributed by atoms with Crippen molar-refractivity contribution < 1.29 is 39.8 Å². The third kappa shape index (κ3) is 45.1. The molecular formula is C66H127NO8. The zero-order valence-electron chi connectivity index (χ0n) is 49.6. The first-order valence-corrected chi connectivity index (χ1v) is 33.1. The number of allylic oxidation sites excluding steroid dienone is 3. The molecule has 1 rings (SSSR count). The summed E-state index contributed by atoms with van der Waals surface area (Å²) in [6.07, 6.45) is 66.1. The lowest BCUT2D eigenvalue weighted by Gasteiger charge is -2.40. The van der Waals surface area contributed by atoms with Gasteiger partial charge in [-0.3, -0.25) is 4.79 Å². The smallest absolute Gasteiger partial charge is 0.220 e. The molecular weight excluding hydrogens is 935 g/mol. The van der Waals surface area contributed by atoms with Crippen LogP contribution in [0.25, 0.3) is 0 Å². The van der Waals surface area contributed by atoms with Gasteiger partial charge in [0.05, 0.1) is 25.4 Å². The summed E-state index contributed by atoms with van der Waals surface area (Å²) in [4.78, 5) is 13.0. The molecule has 0 spiro atoms. The van der Waals surface area contributed by atoms with Gasteiger partial charge in [-0.25, -0.2) is 0 Å². The quantitative estimate of drug-likeness (QED) is 0.0261. The van der Waals surface area contributed by atoms with E-state index in [1.54, 1.807) is 6.08 Å². The van der Waals surface area contributed by atoms with Crippen LogP contribution in [0.3, 0.4) is 0 Å². The predicted octanol–water partition coefficient (Wildman–Crippen LogP) is 17.3. The lowest BCUT2D eigenvalue weighted by Crippen LogP contribution is -2.60. The molecule has 0 radical (unpaired) electrons. The van der Waals surface area contributed by atoms with Crippen LogP contribution in [0, 0.1) is 0 Å². The number of nitrogens with one attached hydrogen (secondary N) is 1. The average Bonchev–Trinajstić information content (AvgIpc) is 3.41. The van der Waals surface area contributed by atoms with Crippen LogP contribution in [0.15, 0.2) is 24.3 Å². The number of carbonyl (C=O) groups is 1. The zero-order chi connectivity index (χ0) is 54.3. The maximum atomic E-state index is 13.0. The third-order valence-corrected chi connectivity index (χ3v) is 16.0. The lowest BCUT2D eigenvalue weighted by molar-refractivity contribution is -0.302. The molecule has 1 heterocycles. The van der Waals surface area contributed by atoms with Gasteiger partial charge in [-0.2, -0.15) is 0 Å². The Morgan fingerprint density at radius 2 is 0.760 bits per heavy atom. The molecule has 1 fully saturated rings. The van der Waals surface area contributed by atoms with E-state index in [1.807, 2.05) is 6.08 Å². The van der Waals surface area contributed by atoms with Crippen molar-refractivity contribution in [1.82, 2.24) is 5.32 Å². The maximum Gasteiger partial charge on any atom is 0.220 e. The fourth-order valence-corrected chi connectivity index (χ4v) is 10.8. The molecule has 1 amide bonds. The Morgan fingerprint density at radius 3 is 1.12 bits per heavy atom. The highest BCUT2D eigenvalue weighted by molar-refractivity contribution is 5.76. The average molecular weight is 1060 g/mol. The molecule has 75 heavy (non-hydrogen) atoms. The van der Waals surface area contributed by atoms with Crippen LogP contribution in [0.4, 0.5) is 0 Å². The van der Waals surface area contributed by atoms with E-state index in [2.05, 4.69) is 31.3 Å². The van der Waals surface area contributed by atoms with E-state index in [9.17, 15) is 30.3 Å². The van der Waals surface area contributed by atoms with Crippen molar-refractivity contribution in [2.45, 2.75) is 378 Å². The molecule has 0 saturated carbocycles. The maximum absolute atomic E-state index is 13.0. The normalized spacial score (nSPS) is 18.9. The van der Waals surface area contributed by atoms with Crippen LogP contribution in [0.1, 0.15) is 335 Å². The van der Waals surface area contributed by atoms with Crippen LogP contribution in [-0.4, -0.2) is 87.5 Å². The topological polar surface area (TPSA) is 149 Å². The van der Waals surface area contributed by atoms with Gasteiger partial charge in [0.15, 0.2) is 6.29 Å². The van der Waals surface area contributed by atoms with E-state index in [0.29, 0.717) is 6.42 Å². The second-order valence-electron chi connectivity index (χ2n) is 23.3. The molecule has 7 unspecified atom stereocenters. The van der Waals surface area contributed by atoms with Gasteiger partial charge < -0.3 is 40.3 Å². The Labute approximate surface area is 464 Å². The number of amides is 1. The molecule has 9 nitrogen and oxygen atoms in total. The Morgan fingerprint density at radius 1 is 0.440 bits per heavy atom. The highest BCUT2D eigenvalue weighted by atomic mass is 16.7. The molecule has 0 aromatic rings. The minimum Gasteiger partial charge on any atom is -0.394 e. The van der Waals surface area contributed by atoms with Crippen LogP contribution >= 0.6 is 0 Å². The number of carbonyl (C=O) groups excluding carboxylic acids is 1. The summed E-state index contributed by atoms with van der Waals surface area (Å²) in [7, 11) is 0. The van der Waals surface area contributed by atoms with Gasteiger partial charge in [0.25, 0.3) is 0 Å². The first-order chi connectivity index (χ1) is 36.8. The Bertz CT molecular complexity index is 1230. The highest BCUT2D eigenvalue weighted by Gasteiger charge is 2.44. The molecule has 0 aliphatic carbocycles. The van der Waals surface area contributed by atoms with Crippen molar-refractivity contribution in [3.63, 3.8) is 0 Å². The van der Waals surface area contributed by atoms with Gasteiger partial charge in [0.1, 0.15) is 24.4 Å². The van der Waals surface area contributed by atoms with E-state index in [1.165, 1.54) is 276 Å². The Hall–Kier alpha value is -1.33. The number of ether oxygens (including phenoxy) is 2. The van der Waals surface area contributed by atoms with Gasteiger partial charge in [0.2, 0.25) is 5.91 Å². The molecule has 1 aliphatic heterocycles. The van der Waals surface area contributed by atoms with Crippen molar-refractivity contribution in [3.05, 3.63) is 24.3 Å². The van der Waals surface area contributed by atoms with Gasteiger partial charge >= 0.3 is 0 Å². The van der Waals surface area contributed by atoms with E-state index in [0.717, 1.165) is 38.5 Å². The number of hydrogen-bond donors (Lipinski definition) is 6. The van der Waals surface area contributed by atoms with Crippen LogP contribution in [0.2, 0.25) is 0 Å². The molecule has 0 bridgehead atoms. The number of unbranched alkanes of at least 4 members (excludes halogenated alkanes) is 46. The molecule has 6 N–H and O–H groups in total. The van der Waals surface area contributed by atoms with Gasteiger partial charge in [-0.1, -0.05) is 321 Å². The van der Waals surface area contributed by atoms with Crippen molar-refractivity contribution in [3.8, 4) is 0 Å². The fourth-order valence-electron chi connectivity index (χ4n) is 10.8. The summed E-state index contributed by atoms with van der Waals surface area (Å²) < 4.78 is 11.2. The van der Waals surface area contributed by atoms with E-state index in [4.69, 9.17) is 9.47 Å². The van der Waals surface area contributed by atoms with Crippen molar-refractivity contribution in [2.75, 3.05) is 13.2 Å². The summed E-state index contributed by atoms with van der Waals surface area (Å²) in [6.45, 7) is 3.76. The predicted molar refractivity (Wildman–Crippen MR) is 318 cm³/mol. The number of rotatable bonds is 58. The first kappa shape index (κ1) is 71.7. The minimum atomic E-state index is -1.57. The summed E-state index contributed by atoms with van der Waals surface area (Å²) in [5.41, 5.74) is 0. The van der Waals surface area contributed by atoms with E-state index < -0.39 is 49.5 Å². The largest absolute Gasteiger partial charge is 0.394 e. The summed E-state index contributed by atoms with van der Waals surface area (Å²) >= 11 is 0. The first-order valence-electron chi connectivity index (χ1n) is 33.1. The van der Waals surface area contributed by atoms with Crippen LogP contribution < -0.4 is 5.32 Å². The van der Waals surface area contributed by atoms with Crippen LogP contribution in [-0.2, 0) is 14.3 Å². The SMILES string of the molecule is CCCCCCC/C=C/CC/C=C/C(O)C(COC1OC(CO)C(O)C(O)C1O)NC(=O)CCCCCCCCCCCCCCCCCCCCCCCCCCCCCCCCCCCCCCCCCCC. The van der Waals surface area contributed by atoms with Gasteiger partial charge in [-0.15, -0.1) is 0 Å². The zero-order valence-corrected chi connectivity index (χ0v) is 49.6. The van der Waals surface area contributed by atoms with Crippen LogP contribution in [0.5, 0.6) is 0 Å². The van der Waals surface area contributed by atoms with Crippen molar-refractivity contribution in [1.29, 1.82) is 0 Å². The second kappa shape index (κ2) is 56.0. The molecule has 1 saturated heterocycles. The summed E-state index contributed by atoms with van der Waals surface area (Å²) in [5.74, 6) is -0.182. The lowest BCUT2D eigenvalue weighted by atomic mass is 9.99. The van der Waals surface area contributed by atoms with Gasteiger partial charge in [0, 0.05) is 6.42 Å². The van der Waals surface area contributed by atoms with E-state index in [-0.39, 0.29) is 12.5 Å². The monoisotopic (exact) mass is 1060 g/mol. The van der Waals surface area contributed by atoms with Crippen molar-refractivity contribution >= 4 is 5.91 Å². The standard InChI is InChI=1S/C66H127NO8/c1-3-5-7-9-11-13-15-16-17-18-19-20-21-22-23-24-25-26-27-28-29-30-31-32-33-34-35-36-37-38-39-40-41-42-43-44-46-48-50-52-54-56-62(70)67-59(58-74-66-65(73)64(72)63(71)61(57-68)75-66)60(69)55-53-51-49-47-45-14-12-10-8-6-4-2/h45,47,53,55,59-61,63-66,68-69,71-73H,3-44,46,48-52,54,56-58H2,1-2H3,(H,67,70)/b47-45+,55-53+. The molecule has 0 aromatic carbocycles. The molecule has 0 aromatic heterocycles. The Balaban J connectivity index is 1.97. The fraction of sp³-hybridized carbons (Fsp3) is 0.924. The van der Waals surface area contributed by atoms with Gasteiger partial charge in [-0.05, 0) is 32.1 Å². The van der Waals surface area contributed by atoms with Crippen molar-refractivity contribution in [2.24, 2.45) is 0 Å². The van der Waals surface area contributed by atoms with E-state index >= 15 is 0 Å². The molecule has 444 valence electrons. The summed E-state index contributed by atoms with van der Waals surface area (Å²) in [6, 6.07) is -0.817. The molecule has 1 aliphatic rings. The molecule has 7 atom stereocenters. The number of hydrogen-bond acceptors (Lipinski definition) is 8. The minimum absolute atomic E-state index is 0.182. The second-order valence-corrected chi connectivity index (χ2v) is 23.3. The number of aliphatic hydroxyl groups excluding tert-OH is 5. The molecule has 9 heteroatoms. The summed E-state index contributed by atoms with van der Waals surface area (Å²) in [5, 5.41) is 54.3. The highest BCUT2D eigenvalue weighted by Crippen LogP contribution is 2.23. The number of aliphatic hydroxyl groups is 5.